The predicted molar refractivity (Wildman–Crippen MR) is 124 cm³/mol. The summed E-state index contributed by atoms with van der Waals surface area (Å²) in [5.41, 5.74) is 2.94. The number of unbranched alkanes of at least 4 members (excludes halogenated alkanes) is 4. The lowest BCUT2D eigenvalue weighted by molar-refractivity contribution is 0.106. The Morgan fingerprint density at radius 3 is 2.31 bits per heavy atom. The summed E-state index contributed by atoms with van der Waals surface area (Å²) in [5.74, 6) is 0.721. The molecule has 29 heavy (non-hydrogen) atoms. The van der Waals surface area contributed by atoms with E-state index in [4.69, 9.17) is 0 Å². The van der Waals surface area contributed by atoms with Crippen molar-refractivity contribution >= 4 is 5.57 Å². The van der Waals surface area contributed by atoms with Crippen molar-refractivity contribution in [2.45, 2.75) is 90.9 Å². The van der Waals surface area contributed by atoms with Gasteiger partial charge in [-0.25, -0.2) is 0 Å². The first-order chi connectivity index (χ1) is 14.2. The predicted octanol–water partition coefficient (Wildman–Crippen LogP) is 8.49. The van der Waals surface area contributed by atoms with Gasteiger partial charge in [-0.1, -0.05) is 94.5 Å². The van der Waals surface area contributed by atoms with Crippen LogP contribution in [-0.2, 0) is 0 Å². The second kappa shape index (κ2) is 10.3. The minimum Gasteiger partial charge on any atom is -0.198 e. The van der Waals surface area contributed by atoms with E-state index in [-0.39, 0.29) is 5.41 Å². The Morgan fingerprint density at radius 1 is 1.00 bits per heavy atom. The molecule has 0 saturated heterocycles. The van der Waals surface area contributed by atoms with Crippen molar-refractivity contribution in [3.63, 3.8) is 0 Å². The topological polar surface area (TPSA) is 23.8 Å². The number of hydrogen-bond acceptors (Lipinski definition) is 1. The molecule has 0 spiro atoms. The molecule has 1 aromatic carbocycles. The second-order valence-corrected chi connectivity index (χ2v) is 9.48. The van der Waals surface area contributed by atoms with E-state index in [1.165, 1.54) is 62.5 Å². The van der Waals surface area contributed by atoms with Crippen LogP contribution in [0.1, 0.15) is 96.5 Å². The van der Waals surface area contributed by atoms with Crippen LogP contribution in [0.4, 0.5) is 0 Å². The van der Waals surface area contributed by atoms with Crippen LogP contribution in [0.25, 0.3) is 5.57 Å². The molecule has 156 valence electrons. The zero-order chi connectivity index (χ0) is 20.6. The average Bonchev–Trinajstić information content (AvgIpc) is 2.80. The number of allylic oxidation sites excluding steroid dienone is 4. The Kier molecular flexibility index (Phi) is 7.77. The van der Waals surface area contributed by atoms with Gasteiger partial charge in [0.15, 0.2) is 0 Å². The lowest BCUT2D eigenvalue weighted by Gasteiger charge is -2.45. The molecule has 0 bridgehead atoms. The normalized spacial score (nSPS) is 29.3. The van der Waals surface area contributed by atoms with E-state index in [9.17, 15) is 5.26 Å². The fourth-order valence-electron chi connectivity index (χ4n) is 5.62. The zero-order valence-corrected chi connectivity index (χ0v) is 18.6. The van der Waals surface area contributed by atoms with Gasteiger partial charge in [0.1, 0.15) is 0 Å². The highest BCUT2D eigenvalue weighted by atomic mass is 14.5. The zero-order valence-electron chi connectivity index (χ0n) is 18.6. The Morgan fingerprint density at radius 2 is 1.72 bits per heavy atom. The fraction of sp³-hybridized carbons (Fsp3) is 0.607. The lowest BCUT2D eigenvalue weighted by atomic mass is 9.59. The van der Waals surface area contributed by atoms with Gasteiger partial charge in [-0.15, -0.1) is 0 Å². The summed E-state index contributed by atoms with van der Waals surface area (Å²) >= 11 is 0. The van der Waals surface area contributed by atoms with Gasteiger partial charge in [-0.2, -0.15) is 5.26 Å². The van der Waals surface area contributed by atoms with E-state index in [2.05, 4.69) is 68.5 Å². The summed E-state index contributed by atoms with van der Waals surface area (Å²) in [6.45, 7) is 4.62. The molecule has 1 heteroatoms. The van der Waals surface area contributed by atoms with Gasteiger partial charge in [0.25, 0.3) is 0 Å². The van der Waals surface area contributed by atoms with E-state index in [0.29, 0.717) is 5.41 Å². The third-order valence-corrected chi connectivity index (χ3v) is 7.81. The first-order valence-corrected chi connectivity index (χ1v) is 12.0. The molecular weight excluding hydrogens is 350 g/mol. The van der Waals surface area contributed by atoms with Gasteiger partial charge in [-0.3, -0.25) is 0 Å². The Bertz CT molecular complexity index is 727. The molecule has 0 amide bonds. The van der Waals surface area contributed by atoms with Crippen molar-refractivity contribution in [3.8, 4) is 6.07 Å². The Balaban J connectivity index is 1.58. The van der Waals surface area contributed by atoms with Crippen molar-refractivity contribution in [3.05, 3.63) is 54.1 Å². The molecule has 0 heterocycles. The van der Waals surface area contributed by atoms with Crippen LogP contribution in [0.2, 0.25) is 0 Å². The van der Waals surface area contributed by atoms with Gasteiger partial charge in [0.2, 0.25) is 0 Å². The smallest absolute Gasteiger partial charge is 0.0689 e. The maximum absolute atomic E-state index is 9.95. The molecule has 2 aliphatic rings. The third kappa shape index (κ3) is 5.22. The van der Waals surface area contributed by atoms with Crippen molar-refractivity contribution in [1.29, 1.82) is 5.26 Å². The van der Waals surface area contributed by atoms with E-state index in [1.807, 2.05) is 0 Å². The molecule has 2 aliphatic carbocycles. The molecule has 0 radical (unpaired) electrons. The summed E-state index contributed by atoms with van der Waals surface area (Å²) in [6, 6.07) is 13.5. The molecule has 1 saturated carbocycles. The molecule has 0 aliphatic heterocycles. The highest BCUT2D eigenvalue weighted by Gasteiger charge is 2.42. The van der Waals surface area contributed by atoms with Gasteiger partial charge in [0.05, 0.1) is 11.5 Å². The van der Waals surface area contributed by atoms with Crippen molar-refractivity contribution in [2.75, 3.05) is 0 Å². The van der Waals surface area contributed by atoms with Crippen LogP contribution in [0.3, 0.4) is 0 Å². The molecule has 1 unspecified atom stereocenters. The highest BCUT2D eigenvalue weighted by molar-refractivity contribution is 5.75. The van der Waals surface area contributed by atoms with Gasteiger partial charge < -0.3 is 0 Å². The summed E-state index contributed by atoms with van der Waals surface area (Å²) in [5, 5.41) is 9.95. The molecule has 0 N–H and O–H groups in total. The first kappa shape index (κ1) is 21.9. The Labute approximate surface area is 178 Å². The third-order valence-electron chi connectivity index (χ3n) is 7.81. The molecule has 0 aromatic heterocycles. The molecule has 1 aromatic rings. The van der Waals surface area contributed by atoms with E-state index in [0.717, 1.165) is 31.6 Å². The van der Waals surface area contributed by atoms with Crippen LogP contribution in [0.5, 0.6) is 0 Å². The number of nitrogens with zero attached hydrogens (tertiary/aromatic N) is 1. The second-order valence-electron chi connectivity index (χ2n) is 9.48. The summed E-state index contributed by atoms with van der Waals surface area (Å²) in [7, 11) is 0. The minimum absolute atomic E-state index is 0.0406. The van der Waals surface area contributed by atoms with Crippen LogP contribution in [-0.4, -0.2) is 0 Å². The van der Waals surface area contributed by atoms with Gasteiger partial charge in [0, 0.05) is 0 Å². The highest BCUT2D eigenvalue weighted by Crippen LogP contribution is 2.52. The molecular formula is C28H39N. The first-order valence-electron chi connectivity index (χ1n) is 12.0. The van der Waals surface area contributed by atoms with Gasteiger partial charge in [-0.05, 0) is 67.4 Å². The van der Waals surface area contributed by atoms with Crippen molar-refractivity contribution < 1.29 is 0 Å². The minimum atomic E-state index is -0.0406. The standard InChI is InChI=1S/C28H39N/c1-3-5-6-7-11-18-27(23-29)19-16-26(17-20-27)28(4-2)21-14-25(15-22-28)24-12-9-8-10-13-24/h8-10,12-15,21,26H,3-7,11,16-20,22H2,1-2H3. The SMILES string of the molecule is CCCCCCCC1(C#N)CCC(C2(CC)C=CC(c3ccccc3)=CC2)CC1. The number of nitriles is 1. The molecule has 3 rings (SSSR count). The van der Waals surface area contributed by atoms with Crippen molar-refractivity contribution in [1.82, 2.24) is 0 Å². The number of rotatable bonds is 9. The molecule has 1 atom stereocenters. The quantitative estimate of drug-likeness (QED) is 0.388. The van der Waals surface area contributed by atoms with Crippen LogP contribution in [0.15, 0.2) is 48.6 Å². The van der Waals surface area contributed by atoms with Crippen LogP contribution >= 0.6 is 0 Å². The van der Waals surface area contributed by atoms with Crippen LogP contribution < -0.4 is 0 Å². The molecule has 1 nitrogen and oxygen atoms in total. The fourth-order valence-corrected chi connectivity index (χ4v) is 5.62. The lowest BCUT2D eigenvalue weighted by Crippen LogP contribution is -2.35. The largest absolute Gasteiger partial charge is 0.198 e. The van der Waals surface area contributed by atoms with Crippen molar-refractivity contribution in [2.24, 2.45) is 16.7 Å². The van der Waals surface area contributed by atoms with E-state index in [1.54, 1.807) is 0 Å². The molecule has 1 fully saturated rings. The van der Waals surface area contributed by atoms with E-state index < -0.39 is 0 Å². The van der Waals surface area contributed by atoms with Crippen LogP contribution in [0, 0.1) is 28.1 Å². The average molecular weight is 390 g/mol. The van der Waals surface area contributed by atoms with Gasteiger partial charge >= 0.3 is 0 Å². The number of benzene rings is 1. The summed E-state index contributed by atoms with van der Waals surface area (Å²) < 4.78 is 0. The maximum atomic E-state index is 9.95. The van der Waals surface area contributed by atoms with E-state index >= 15 is 0 Å². The number of hydrogen-bond donors (Lipinski definition) is 0. The summed E-state index contributed by atoms with van der Waals surface area (Å²) in [6.07, 6.45) is 21.9. The monoisotopic (exact) mass is 389 g/mol. The Hall–Kier alpha value is -1.81. The maximum Gasteiger partial charge on any atom is 0.0689 e. The summed E-state index contributed by atoms with van der Waals surface area (Å²) in [4.78, 5) is 0.